The fraction of sp³-hybridized carbons (Fsp3) is 0.882. The first-order valence-corrected chi connectivity index (χ1v) is 8.84. The minimum atomic E-state index is -0.514. The molecule has 23 heavy (non-hydrogen) atoms. The van der Waals surface area contributed by atoms with Gasteiger partial charge in [-0.3, -0.25) is 9.69 Å². The van der Waals surface area contributed by atoms with Gasteiger partial charge >= 0.3 is 6.09 Å². The molecule has 6 heteroatoms. The van der Waals surface area contributed by atoms with E-state index < -0.39 is 11.7 Å². The van der Waals surface area contributed by atoms with Crippen LogP contribution in [0.5, 0.6) is 0 Å². The number of carbonyl (C=O) groups is 2. The third-order valence-electron chi connectivity index (χ3n) is 4.45. The second-order valence-corrected chi connectivity index (χ2v) is 7.66. The predicted octanol–water partition coefficient (Wildman–Crippen LogP) is 2.03. The summed E-state index contributed by atoms with van der Waals surface area (Å²) < 4.78 is 5.14. The molecule has 6 nitrogen and oxygen atoms in total. The van der Waals surface area contributed by atoms with Crippen LogP contribution < -0.4 is 10.6 Å². The van der Waals surface area contributed by atoms with Gasteiger partial charge in [0.1, 0.15) is 5.60 Å². The molecule has 1 heterocycles. The van der Waals surface area contributed by atoms with Gasteiger partial charge in [0.05, 0.1) is 0 Å². The summed E-state index contributed by atoms with van der Waals surface area (Å²) in [6.07, 6.45) is 6.14. The first kappa shape index (κ1) is 18.0. The van der Waals surface area contributed by atoms with Crippen LogP contribution in [0, 0.1) is 0 Å². The van der Waals surface area contributed by atoms with Crippen molar-refractivity contribution >= 4 is 12.0 Å². The highest BCUT2D eigenvalue weighted by molar-refractivity contribution is 5.77. The molecule has 0 bridgehead atoms. The Morgan fingerprint density at radius 2 is 1.87 bits per heavy atom. The molecule has 0 unspecified atom stereocenters. The Labute approximate surface area is 139 Å². The fourth-order valence-corrected chi connectivity index (χ4v) is 3.40. The average molecular weight is 325 g/mol. The van der Waals surface area contributed by atoms with Gasteiger partial charge in [-0.05, 0) is 40.0 Å². The first-order valence-electron chi connectivity index (χ1n) is 8.84. The maximum Gasteiger partial charge on any atom is 0.407 e. The third kappa shape index (κ3) is 6.37. The molecule has 1 saturated heterocycles. The number of ether oxygens (including phenoxy) is 1. The van der Waals surface area contributed by atoms with Gasteiger partial charge in [-0.25, -0.2) is 4.79 Å². The van der Waals surface area contributed by atoms with Crippen LogP contribution in [0.2, 0.25) is 0 Å². The van der Waals surface area contributed by atoms with Crippen molar-refractivity contribution in [3.8, 4) is 0 Å². The quantitative estimate of drug-likeness (QED) is 0.811. The number of alkyl carbamates (subject to hydrolysis) is 1. The van der Waals surface area contributed by atoms with Crippen LogP contribution in [0.15, 0.2) is 0 Å². The minimum Gasteiger partial charge on any atom is -0.444 e. The van der Waals surface area contributed by atoms with Gasteiger partial charge in [0.2, 0.25) is 5.91 Å². The molecule has 1 saturated carbocycles. The Morgan fingerprint density at radius 1 is 1.17 bits per heavy atom. The Balaban J connectivity index is 1.59. The molecule has 0 aromatic heterocycles. The van der Waals surface area contributed by atoms with Crippen molar-refractivity contribution in [2.24, 2.45) is 0 Å². The van der Waals surface area contributed by atoms with Crippen LogP contribution in [0.4, 0.5) is 4.79 Å². The van der Waals surface area contributed by atoms with Crippen LogP contribution in [-0.4, -0.2) is 54.2 Å². The van der Waals surface area contributed by atoms with Gasteiger partial charge in [-0.2, -0.15) is 0 Å². The highest BCUT2D eigenvalue weighted by Crippen LogP contribution is 2.26. The van der Waals surface area contributed by atoms with Crippen LogP contribution in [-0.2, 0) is 9.53 Å². The lowest BCUT2D eigenvalue weighted by atomic mass is 10.2. The van der Waals surface area contributed by atoms with Crippen molar-refractivity contribution < 1.29 is 14.3 Å². The highest BCUT2D eigenvalue weighted by atomic mass is 16.6. The van der Waals surface area contributed by atoms with E-state index in [1.54, 1.807) is 0 Å². The second kappa shape index (κ2) is 7.99. The van der Waals surface area contributed by atoms with E-state index in [0.29, 0.717) is 13.0 Å². The number of nitrogens with one attached hydrogen (secondary N) is 2. The summed E-state index contributed by atoms with van der Waals surface area (Å²) in [4.78, 5) is 26.0. The third-order valence-corrected chi connectivity index (χ3v) is 4.45. The lowest BCUT2D eigenvalue weighted by Gasteiger charge is -2.23. The summed E-state index contributed by atoms with van der Waals surface area (Å²) in [6.45, 7) is 7.81. The van der Waals surface area contributed by atoms with Crippen LogP contribution in [0.1, 0.15) is 59.3 Å². The van der Waals surface area contributed by atoms with Gasteiger partial charge < -0.3 is 15.4 Å². The van der Waals surface area contributed by atoms with Gasteiger partial charge in [0.25, 0.3) is 0 Å². The number of nitrogens with zero attached hydrogens (tertiary/aromatic N) is 1. The number of likely N-dealkylation sites (tertiary alicyclic amines) is 1. The van der Waals surface area contributed by atoms with Gasteiger partial charge in [0.15, 0.2) is 0 Å². The van der Waals surface area contributed by atoms with Crippen molar-refractivity contribution in [3.05, 3.63) is 0 Å². The van der Waals surface area contributed by atoms with Crippen molar-refractivity contribution in [2.45, 2.75) is 77.0 Å². The predicted molar refractivity (Wildman–Crippen MR) is 89.2 cm³/mol. The zero-order chi connectivity index (χ0) is 16.9. The van der Waals surface area contributed by atoms with E-state index in [9.17, 15) is 9.59 Å². The molecule has 132 valence electrons. The molecule has 2 N–H and O–H groups in total. The van der Waals surface area contributed by atoms with E-state index in [2.05, 4.69) is 15.5 Å². The summed E-state index contributed by atoms with van der Waals surface area (Å²) in [5, 5.41) is 5.70. The number of amides is 2. The molecule has 2 rings (SSSR count). The molecule has 2 amide bonds. The van der Waals surface area contributed by atoms with E-state index >= 15 is 0 Å². The second-order valence-electron chi connectivity index (χ2n) is 7.66. The molecule has 2 aliphatic rings. The van der Waals surface area contributed by atoms with E-state index in [-0.39, 0.29) is 11.9 Å². The molecule has 1 aliphatic carbocycles. The summed E-state index contributed by atoms with van der Waals surface area (Å²) in [7, 11) is 0. The molecular formula is C17H31N3O3. The molecule has 2 fully saturated rings. The van der Waals surface area contributed by atoms with E-state index in [4.69, 9.17) is 4.74 Å². The summed E-state index contributed by atoms with van der Waals surface area (Å²) in [5.74, 6) is -0.000620. The molecule has 0 radical (unpaired) electrons. The topological polar surface area (TPSA) is 70.7 Å². The van der Waals surface area contributed by atoms with E-state index in [0.717, 1.165) is 25.6 Å². The number of hydrogen-bond donors (Lipinski definition) is 2. The van der Waals surface area contributed by atoms with Crippen LogP contribution >= 0.6 is 0 Å². The molecule has 0 spiro atoms. The number of hydrogen-bond acceptors (Lipinski definition) is 4. The summed E-state index contributed by atoms with van der Waals surface area (Å²) in [5.41, 5.74) is -0.514. The smallest absolute Gasteiger partial charge is 0.407 e. The summed E-state index contributed by atoms with van der Waals surface area (Å²) in [6, 6.07) is 0.982. The summed E-state index contributed by atoms with van der Waals surface area (Å²) >= 11 is 0. The largest absolute Gasteiger partial charge is 0.444 e. The lowest BCUT2D eigenvalue weighted by molar-refractivity contribution is -0.121. The van der Waals surface area contributed by atoms with Crippen LogP contribution in [0.3, 0.4) is 0 Å². The lowest BCUT2D eigenvalue weighted by Crippen LogP contribution is -2.40. The average Bonchev–Trinajstić information content (AvgIpc) is 3.06. The monoisotopic (exact) mass is 325 g/mol. The van der Waals surface area contributed by atoms with Gasteiger partial charge in [0, 0.05) is 38.1 Å². The van der Waals surface area contributed by atoms with Crippen molar-refractivity contribution in [1.82, 2.24) is 15.5 Å². The standard InChI is InChI=1S/C17H31N3O3/c1-17(2,3)23-16(22)18-10-8-15(21)19-13-9-11-20(12-13)14-6-4-5-7-14/h13-14H,4-12H2,1-3H3,(H,18,22)(H,19,21)/t13-/m0/s1. The van der Waals surface area contributed by atoms with Crippen molar-refractivity contribution in [1.29, 1.82) is 0 Å². The van der Waals surface area contributed by atoms with E-state index in [1.807, 2.05) is 20.8 Å². The highest BCUT2D eigenvalue weighted by Gasteiger charge is 2.30. The Kier molecular flexibility index (Phi) is 6.27. The number of carbonyl (C=O) groups excluding carboxylic acids is 2. The maximum absolute atomic E-state index is 12.0. The number of rotatable bonds is 5. The Hall–Kier alpha value is -1.30. The zero-order valence-corrected chi connectivity index (χ0v) is 14.7. The molecule has 1 aliphatic heterocycles. The zero-order valence-electron chi connectivity index (χ0n) is 14.7. The maximum atomic E-state index is 12.0. The normalized spacial score (nSPS) is 23.0. The van der Waals surface area contributed by atoms with Gasteiger partial charge in [-0.1, -0.05) is 12.8 Å². The van der Waals surface area contributed by atoms with E-state index in [1.165, 1.54) is 25.7 Å². The van der Waals surface area contributed by atoms with Crippen molar-refractivity contribution in [3.63, 3.8) is 0 Å². The van der Waals surface area contributed by atoms with Crippen molar-refractivity contribution in [2.75, 3.05) is 19.6 Å². The fourth-order valence-electron chi connectivity index (χ4n) is 3.40. The molecular weight excluding hydrogens is 294 g/mol. The Bertz CT molecular complexity index is 414. The molecule has 0 aromatic rings. The minimum absolute atomic E-state index is 0.000620. The molecule has 0 aromatic carbocycles. The Morgan fingerprint density at radius 3 is 2.52 bits per heavy atom. The van der Waals surface area contributed by atoms with Crippen LogP contribution in [0.25, 0.3) is 0 Å². The molecule has 1 atom stereocenters. The van der Waals surface area contributed by atoms with Gasteiger partial charge in [-0.15, -0.1) is 0 Å². The first-order chi connectivity index (χ1) is 10.8. The SMILES string of the molecule is CC(C)(C)OC(=O)NCCC(=O)N[C@H]1CCN(C2CCCC2)C1.